The van der Waals surface area contributed by atoms with E-state index in [0.29, 0.717) is 12.1 Å². The van der Waals surface area contributed by atoms with Crippen LogP contribution in [0.3, 0.4) is 0 Å². The van der Waals surface area contributed by atoms with Crippen LogP contribution in [0.25, 0.3) is 0 Å². The lowest BCUT2D eigenvalue weighted by molar-refractivity contribution is -0.118. The highest BCUT2D eigenvalue weighted by atomic mass is 16.5. The summed E-state index contributed by atoms with van der Waals surface area (Å²) in [5, 5.41) is 6.49. The van der Waals surface area contributed by atoms with Crippen LogP contribution in [0.15, 0.2) is 24.3 Å². The van der Waals surface area contributed by atoms with Gasteiger partial charge in [-0.15, -0.1) is 0 Å². The first kappa shape index (κ1) is 15.8. The Hall–Kier alpha value is -1.55. The maximum Gasteiger partial charge on any atom is 0.226 e. The molecule has 0 radical (unpaired) electrons. The summed E-state index contributed by atoms with van der Waals surface area (Å²) in [6.45, 7) is 3.79. The van der Waals surface area contributed by atoms with E-state index in [9.17, 15) is 4.79 Å². The highest BCUT2D eigenvalue weighted by Gasteiger charge is 2.21. The molecule has 0 bridgehead atoms. The minimum atomic E-state index is -0.0116. The fourth-order valence-corrected chi connectivity index (χ4v) is 2.70. The van der Waals surface area contributed by atoms with E-state index in [-0.39, 0.29) is 11.8 Å². The van der Waals surface area contributed by atoms with E-state index in [2.05, 4.69) is 10.6 Å². The number of carbonyl (C=O) groups excluding carboxylic acids is 1. The smallest absolute Gasteiger partial charge is 0.226 e. The predicted octanol–water partition coefficient (Wildman–Crippen LogP) is 3.65. The Morgan fingerprint density at radius 1 is 1.29 bits per heavy atom. The van der Waals surface area contributed by atoms with E-state index in [0.717, 1.165) is 24.2 Å². The van der Waals surface area contributed by atoms with Crippen LogP contribution in [0, 0.1) is 5.92 Å². The van der Waals surface area contributed by atoms with Crippen LogP contribution in [-0.4, -0.2) is 25.2 Å². The maximum absolute atomic E-state index is 11.7. The number of hydrogen-bond donors (Lipinski definition) is 2. The molecule has 4 nitrogen and oxygen atoms in total. The Morgan fingerprint density at radius 2 is 2.05 bits per heavy atom. The van der Waals surface area contributed by atoms with Crippen molar-refractivity contribution in [3.05, 3.63) is 24.3 Å². The summed E-state index contributed by atoms with van der Waals surface area (Å²) in [6.07, 6.45) is 4.92. The summed E-state index contributed by atoms with van der Waals surface area (Å²) in [5.74, 6) is 0.0340. The van der Waals surface area contributed by atoms with Gasteiger partial charge in [-0.1, -0.05) is 19.9 Å². The molecule has 1 aliphatic carbocycles. The van der Waals surface area contributed by atoms with Gasteiger partial charge in [-0.3, -0.25) is 4.79 Å². The fraction of sp³-hybridized carbons (Fsp3) is 0.588. The van der Waals surface area contributed by atoms with Crippen molar-refractivity contribution in [2.75, 3.05) is 17.7 Å². The molecular formula is C17H26N2O2. The van der Waals surface area contributed by atoms with E-state index >= 15 is 0 Å². The van der Waals surface area contributed by atoms with Crippen molar-refractivity contribution in [3.8, 4) is 0 Å². The Morgan fingerprint density at radius 3 is 2.76 bits per heavy atom. The van der Waals surface area contributed by atoms with Gasteiger partial charge in [0.1, 0.15) is 0 Å². The first-order chi connectivity index (χ1) is 10.1. The van der Waals surface area contributed by atoms with E-state index in [1.54, 1.807) is 7.11 Å². The van der Waals surface area contributed by atoms with Crippen LogP contribution in [-0.2, 0) is 9.53 Å². The SMILES string of the molecule is COC1CCCC(Nc2cccc(NC(=O)C(C)C)c2)C1. The Kier molecular flexibility index (Phi) is 5.62. The summed E-state index contributed by atoms with van der Waals surface area (Å²) in [4.78, 5) is 11.7. The van der Waals surface area contributed by atoms with Gasteiger partial charge in [-0.25, -0.2) is 0 Å². The summed E-state index contributed by atoms with van der Waals surface area (Å²) < 4.78 is 5.46. The van der Waals surface area contributed by atoms with Crippen molar-refractivity contribution in [3.63, 3.8) is 0 Å². The molecule has 1 aromatic carbocycles. The lowest BCUT2D eigenvalue weighted by atomic mass is 9.92. The van der Waals surface area contributed by atoms with Gasteiger partial charge in [0.25, 0.3) is 0 Å². The van der Waals surface area contributed by atoms with E-state index in [1.807, 2.05) is 38.1 Å². The minimum Gasteiger partial charge on any atom is -0.382 e. The van der Waals surface area contributed by atoms with Crippen molar-refractivity contribution in [1.29, 1.82) is 0 Å². The van der Waals surface area contributed by atoms with Crippen molar-refractivity contribution in [2.24, 2.45) is 5.92 Å². The third-order valence-corrected chi connectivity index (χ3v) is 3.98. The number of amides is 1. The lowest BCUT2D eigenvalue weighted by Gasteiger charge is -2.29. The molecule has 0 aromatic heterocycles. The van der Waals surface area contributed by atoms with Crippen LogP contribution in [0.5, 0.6) is 0 Å². The second-order valence-corrected chi connectivity index (χ2v) is 6.09. The van der Waals surface area contributed by atoms with Gasteiger partial charge in [0.15, 0.2) is 0 Å². The summed E-state index contributed by atoms with van der Waals surface area (Å²) in [5.41, 5.74) is 1.90. The zero-order chi connectivity index (χ0) is 15.2. The van der Waals surface area contributed by atoms with E-state index in [1.165, 1.54) is 12.8 Å². The van der Waals surface area contributed by atoms with Gasteiger partial charge in [0.05, 0.1) is 6.10 Å². The molecule has 21 heavy (non-hydrogen) atoms. The predicted molar refractivity (Wildman–Crippen MR) is 86.6 cm³/mol. The molecule has 4 heteroatoms. The normalized spacial score (nSPS) is 22.1. The molecule has 0 spiro atoms. The average Bonchev–Trinajstić information content (AvgIpc) is 2.47. The van der Waals surface area contributed by atoms with Gasteiger partial charge in [0.2, 0.25) is 5.91 Å². The molecule has 0 heterocycles. The number of methoxy groups -OCH3 is 1. The molecule has 2 unspecified atom stereocenters. The number of rotatable bonds is 5. The van der Waals surface area contributed by atoms with Crippen molar-refractivity contribution in [1.82, 2.24) is 0 Å². The molecule has 1 fully saturated rings. The van der Waals surface area contributed by atoms with Gasteiger partial charge in [-0.2, -0.15) is 0 Å². The maximum atomic E-state index is 11.7. The van der Waals surface area contributed by atoms with Crippen LogP contribution in [0.2, 0.25) is 0 Å². The number of anilines is 2. The first-order valence-corrected chi connectivity index (χ1v) is 7.78. The Balaban J connectivity index is 1.96. The number of benzene rings is 1. The second-order valence-electron chi connectivity index (χ2n) is 6.09. The molecule has 2 rings (SSSR count). The zero-order valence-corrected chi connectivity index (χ0v) is 13.2. The molecule has 1 aromatic rings. The largest absolute Gasteiger partial charge is 0.382 e. The minimum absolute atomic E-state index is 0.0116. The highest BCUT2D eigenvalue weighted by molar-refractivity contribution is 5.92. The van der Waals surface area contributed by atoms with Crippen LogP contribution < -0.4 is 10.6 Å². The Labute approximate surface area is 127 Å². The van der Waals surface area contributed by atoms with Gasteiger partial charge >= 0.3 is 0 Å². The summed E-state index contributed by atoms with van der Waals surface area (Å²) in [7, 11) is 1.79. The number of ether oxygens (including phenoxy) is 1. The topological polar surface area (TPSA) is 50.4 Å². The number of carbonyl (C=O) groups is 1. The fourth-order valence-electron chi connectivity index (χ4n) is 2.70. The average molecular weight is 290 g/mol. The third kappa shape index (κ3) is 4.74. The molecule has 2 atom stereocenters. The van der Waals surface area contributed by atoms with Gasteiger partial charge in [-0.05, 0) is 43.9 Å². The number of hydrogen-bond acceptors (Lipinski definition) is 3. The van der Waals surface area contributed by atoms with Crippen LogP contribution in [0.1, 0.15) is 39.5 Å². The molecule has 0 saturated heterocycles. The third-order valence-electron chi connectivity index (χ3n) is 3.98. The molecule has 2 N–H and O–H groups in total. The summed E-state index contributed by atoms with van der Waals surface area (Å²) >= 11 is 0. The van der Waals surface area contributed by atoms with Gasteiger partial charge < -0.3 is 15.4 Å². The van der Waals surface area contributed by atoms with Crippen LogP contribution >= 0.6 is 0 Å². The first-order valence-electron chi connectivity index (χ1n) is 7.78. The Bertz CT molecular complexity index is 474. The van der Waals surface area contributed by atoms with E-state index < -0.39 is 0 Å². The number of nitrogens with one attached hydrogen (secondary N) is 2. The van der Waals surface area contributed by atoms with Crippen LogP contribution in [0.4, 0.5) is 11.4 Å². The van der Waals surface area contributed by atoms with E-state index in [4.69, 9.17) is 4.74 Å². The molecule has 0 aliphatic heterocycles. The second kappa shape index (κ2) is 7.46. The molecular weight excluding hydrogens is 264 g/mol. The lowest BCUT2D eigenvalue weighted by Crippen LogP contribution is -2.31. The highest BCUT2D eigenvalue weighted by Crippen LogP contribution is 2.25. The summed E-state index contributed by atoms with van der Waals surface area (Å²) in [6, 6.07) is 8.37. The van der Waals surface area contributed by atoms with Gasteiger partial charge in [0, 0.05) is 30.4 Å². The molecule has 1 saturated carbocycles. The molecule has 116 valence electrons. The van der Waals surface area contributed by atoms with Crippen molar-refractivity contribution in [2.45, 2.75) is 51.7 Å². The quantitative estimate of drug-likeness (QED) is 0.870. The molecule has 1 amide bonds. The van der Waals surface area contributed by atoms with Crippen molar-refractivity contribution < 1.29 is 9.53 Å². The standard InChI is InChI=1S/C17H26N2O2/c1-12(2)17(20)19-14-7-4-6-13(10-14)18-15-8-5-9-16(11-15)21-3/h4,6-7,10,12,15-16,18H,5,8-9,11H2,1-3H3,(H,19,20). The monoisotopic (exact) mass is 290 g/mol. The van der Waals surface area contributed by atoms with Crippen molar-refractivity contribution >= 4 is 17.3 Å². The molecule has 1 aliphatic rings. The zero-order valence-electron chi connectivity index (χ0n) is 13.2.